The Morgan fingerprint density at radius 2 is 1.69 bits per heavy atom. The van der Waals surface area contributed by atoms with Crippen molar-refractivity contribution in [3.63, 3.8) is 0 Å². The van der Waals surface area contributed by atoms with Crippen LogP contribution in [0.15, 0.2) is 48.5 Å². The molecule has 0 unspecified atom stereocenters. The van der Waals surface area contributed by atoms with E-state index < -0.39 is 0 Å². The summed E-state index contributed by atoms with van der Waals surface area (Å²) in [6, 6.07) is 19.9. The lowest BCUT2D eigenvalue weighted by atomic mass is 9.81. The molecule has 2 nitrogen and oxygen atoms in total. The minimum atomic E-state index is -0.153. The summed E-state index contributed by atoms with van der Waals surface area (Å²) in [5, 5.41) is 10.8. The van der Waals surface area contributed by atoms with Crippen LogP contribution >= 0.6 is 0 Å². The van der Waals surface area contributed by atoms with Crippen LogP contribution in [0.5, 0.6) is 0 Å². The first-order chi connectivity index (χ1) is 12.6. The van der Waals surface area contributed by atoms with E-state index in [9.17, 15) is 5.26 Å². The maximum Gasteiger partial charge on any atom is 0.0709 e. The van der Waals surface area contributed by atoms with E-state index in [1.165, 1.54) is 35.1 Å². The van der Waals surface area contributed by atoms with Crippen molar-refractivity contribution in [2.24, 2.45) is 5.41 Å². The second kappa shape index (κ2) is 6.57. The third kappa shape index (κ3) is 3.22. The van der Waals surface area contributed by atoms with Gasteiger partial charge in [0.1, 0.15) is 0 Å². The van der Waals surface area contributed by atoms with E-state index in [-0.39, 0.29) is 5.41 Å². The normalized spacial score (nSPS) is 15.9. The molecule has 4 rings (SSSR count). The highest BCUT2D eigenvalue weighted by Gasteiger charge is 2.33. The van der Waals surface area contributed by atoms with E-state index in [4.69, 9.17) is 4.98 Å². The van der Waals surface area contributed by atoms with Gasteiger partial charge in [-0.15, -0.1) is 0 Å². The van der Waals surface area contributed by atoms with Crippen LogP contribution in [-0.2, 0) is 6.42 Å². The van der Waals surface area contributed by atoms with Gasteiger partial charge in [-0.25, -0.2) is 4.98 Å². The number of pyridine rings is 1. The smallest absolute Gasteiger partial charge is 0.0709 e. The molecule has 1 aromatic heterocycles. The molecule has 0 amide bonds. The van der Waals surface area contributed by atoms with E-state index in [0.29, 0.717) is 0 Å². The Bertz CT molecular complexity index is 984. The van der Waals surface area contributed by atoms with Gasteiger partial charge < -0.3 is 0 Å². The zero-order valence-corrected chi connectivity index (χ0v) is 15.5. The van der Waals surface area contributed by atoms with Crippen molar-refractivity contribution >= 4 is 10.9 Å². The Balaban J connectivity index is 1.67. The topological polar surface area (TPSA) is 36.7 Å². The zero-order valence-electron chi connectivity index (χ0n) is 15.5. The molecule has 0 aliphatic heterocycles. The standard InChI is InChI=1S/C24H24N2/c1-17-11-18(2)13-21(12-17)23-8-6-20-14-19(5-7-22(20)26-23)15-24(16-25)9-3-4-10-24/h5-8,11-14H,3-4,9-10,15H2,1-2H3. The Hall–Kier alpha value is -2.66. The fraction of sp³-hybridized carbons (Fsp3) is 0.333. The number of aryl methyl sites for hydroxylation is 2. The molecule has 0 bridgehead atoms. The van der Waals surface area contributed by atoms with E-state index in [1.54, 1.807) is 0 Å². The van der Waals surface area contributed by atoms with Crippen LogP contribution in [0.3, 0.4) is 0 Å². The van der Waals surface area contributed by atoms with Crippen LogP contribution in [0.4, 0.5) is 0 Å². The lowest BCUT2D eigenvalue weighted by Crippen LogP contribution is -2.16. The number of hydrogen-bond donors (Lipinski definition) is 0. The maximum absolute atomic E-state index is 9.64. The number of aromatic nitrogens is 1. The zero-order chi connectivity index (χ0) is 18.1. The Labute approximate surface area is 155 Å². The fourth-order valence-corrected chi connectivity index (χ4v) is 4.34. The summed E-state index contributed by atoms with van der Waals surface area (Å²) in [5.74, 6) is 0. The molecular formula is C24H24N2. The fourth-order valence-electron chi connectivity index (χ4n) is 4.34. The molecule has 1 aliphatic carbocycles. The van der Waals surface area contributed by atoms with Gasteiger partial charge >= 0.3 is 0 Å². The van der Waals surface area contributed by atoms with E-state index in [1.807, 2.05) is 0 Å². The van der Waals surface area contributed by atoms with E-state index in [2.05, 4.69) is 68.4 Å². The van der Waals surface area contributed by atoms with Gasteiger partial charge in [0.2, 0.25) is 0 Å². The molecule has 130 valence electrons. The van der Waals surface area contributed by atoms with Crippen LogP contribution in [0.2, 0.25) is 0 Å². The van der Waals surface area contributed by atoms with Crippen LogP contribution < -0.4 is 0 Å². The Morgan fingerprint density at radius 1 is 0.962 bits per heavy atom. The van der Waals surface area contributed by atoms with Crippen molar-refractivity contribution in [2.75, 3.05) is 0 Å². The number of nitriles is 1. The monoisotopic (exact) mass is 340 g/mol. The predicted molar refractivity (Wildman–Crippen MR) is 107 cm³/mol. The number of fused-ring (bicyclic) bond motifs is 1. The van der Waals surface area contributed by atoms with Gasteiger partial charge in [-0.05, 0) is 69.0 Å². The molecule has 0 N–H and O–H groups in total. The first kappa shape index (κ1) is 16.8. The van der Waals surface area contributed by atoms with Crippen molar-refractivity contribution in [3.05, 3.63) is 65.2 Å². The molecule has 0 saturated heterocycles. The van der Waals surface area contributed by atoms with Crippen molar-refractivity contribution in [1.82, 2.24) is 4.98 Å². The van der Waals surface area contributed by atoms with Gasteiger partial charge in [-0.1, -0.05) is 42.2 Å². The van der Waals surface area contributed by atoms with Crippen LogP contribution in [0.1, 0.15) is 42.4 Å². The number of nitrogens with zero attached hydrogens (tertiary/aromatic N) is 2. The van der Waals surface area contributed by atoms with Crippen molar-refractivity contribution in [1.29, 1.82) is 5.26 Å². The molecule has 0 radical (unpaired) electrons. The summed E-state index contributed by atoms with van der Waals surface area (Å²) in [6.45, 7) is 4.25. The summed E-state index contributed by atoms with van der Waals surface area (Å²) in [6.07, 6.45) is 5.29. The number of benzene rings is 2. The Morgan fingerprint density at radius 3 is 2.38 bits per heavy atom. The highest BCUT2D eigenvalue weighted by Crippen LogP contribution is 2.40. The maximum atomic E-state index is 9.64. The quantitative estimate of drug-likeness (QED) is 0.574. The summed E-state index contributed by atoms with van der Waals surface area (Å²) >= 11 is 0. The molecule has 1 heterocycles. The third-order valence-corrected chi connectivity index (χ3v) is 5.61. The minimum Gasteiger partial charge on any atom is -0.248 e. The highest BCUT2D eigenvalue weighted by molar-refractivity contribution is 5.82. The lowest BCUT2D eigenvalue weighted by Gasteiger charge is -2.20. The van der Waals surface area contributed by atoms with Crippen molar-refractivity contribution < 1.29 is 0 Å². The van der Waals surface area contributed by atoms with Gasteiger partial charge in [0.25, 0.3) is 0 Å². The molecule has 0 spiro atoms. The summed E-state index contributed by atoms with van der Waals surface area (Å²) in [4.78, 5) is 4.87. The molecule has 3 aromatic rings. The van der Waals surface area contributed by atoms with Crippen molar-refractivity contribution in [3.8, 4) is 17.3 Å². The average Bonchev–Trinajstić information content (AvgIpc) is 3.09. The molecule has 1 fully saturated rings. The van der Waals surface area contributed by atoms with Gasteiger partial charge in [0.05, 0.1) is 22.7 Å². The first-order valence-electron chi connectivity index (χ1n) is 9.47. The van der Waals surface area contributed by atoms with E-state index >= 15 is 0 Å². The second-order valence-electron chi connectivity index (χ2n) is 7.88. The summed E-state index contributed by atoms with van der Waals surface area (Å²) < 4.78 is 0. The van der Waals surface area contributed by atoms with Crippen LogP contribution in [0.25, 0.3) is 22.2 Å². The predicted octanol–water partition coefficient (Wildman–Crippen LogP) is 6.15. The van der Waals surface area contributed by atoms with Crippen molar-refractivity contribution in [2.45, 2.75) is 46.0 Å². The molecular weight excluding hydrogens is 316 g/mol. The molecule has 2 aromatic carbocycles. The SMILES string of the molecule is Cc1cc(C)cc(-c2ccc3cc(CC4(C#N)CCCC4)ccc3n2)c1. The molecule has 1 saturated carbocycles. The van der Waals surface area contributed by atoms with Crippen LogP contribution in [0, 0.1) is 30.6 Å². The highest BCUT2D eigenvalue weighted by atomic mass is 14.7. The Kier molecular flexibility index (Phi) is 4.24. The summed E-state index contributed by atoms with van der Waals surface area (Å²) in [5.41, 5.74) is 6.82. The molecule has 1 aliphatic rings. The average molecular weight is 340 g/mol. The summed E-state index contributed by atoms with van der Waals surface area (Å²) in [7, 11) is 0. The second-order valence-corrected chi connectivity index (χ2v) is 7.88. The molecule has 26 heavy (non-hydrogen) atoms. The van der Waals surface area contributed by atoms with Crippen LogP contribution in [-0.4, -0.2) is 4.98 Å². The lowest BCUT2D eigenvalue weighted by molar-refractivity contribution is 0.408. The minimum absolute atomic E-state index is 0.153. The van der Waals surface area contributed by atoms with Gasteiger partial charge in [-0.3, -0.25) is 0 Å². The first-order valence-corrected chi connectivity index (χ1v) is 9.47. The molecule has 2 heteroatoms. The number of hydrogen-bond acceptors (Lipinski definition) is 2. The van der Waals surface area contributed by atoms with Gasteiger partial charge in [0.15, 0.2) is 0 Å². The third-order valence-electron chi connectivity index (χ3n) is 5.61. The van der Waals surface area contributed by atoms with E-state index in [0.717, 1.165) is 35.9 Å². The van der Waals surface area contributed by atoms with Gasteiger partial charge in [0, 0.05) is 10.9 Å². The largest absolute Gasteiger partial charge is 0.248 e. The van der Waals surface area contributed by atoms with Gasteiger partial charge in [-0.2, -0.15) is 5.26 Å². The molecule has 0 atom stereocenters. The number of rotatable bonds is 3.